The van der Waals surface area contributed by atoms with Gasteiger partial charge < -0.3 is 10.1 Å². The summed E-state index contributed by atoms with van der Waals surface area (Å²) in [6.45, 7) is 6.19. The van der Waals surface area contributed by atoms with Crippen LogP contribution in [0.25, 0.3) is 0 Å². The van der Waals surface area contributed by atoms with Crippen LogP contribution >= 0.6 is 22.9 Å². The third kappa shape index (κ3) is 3.57. The standard InChI is InChI=1S/C18H21ClN2O2S/c1-11(2)8-12-9-18(3,23-16(12)22)15-10-24-17(21-15)20-14-7-5-4-6-13(14)19/h4-7,10-12H,8-9H2,1-3H3,(H,20,21). The summed E-state index contributed by atoms with van der Waals surface area (Å²) < 4.78 is 5.69. The molecule has 1 saturated heterocycles. The molecule has 0 aliphatic carbocycles. The summed E-state index contributed by atoms with van der Waals surface area (Å²) in [5, 5.41) is 6.55. The second-order valence-electron chi connectivity index (χ2n) is 6.83. The van der Waals surface area contributed by atoms with E-state index in [1.807, 2.05) is 36.6 Å². The maximum Gasteiger partial charge on any atom is 0.310 e. The number of ether oxygens (including phenoxy) is 1. The number of thiazole rings is 1. The van der Waals surface area contributed by atoms with Gasteiger partial charge >= 0.3 is 5.97 Å². The zero-order chi connectivity index (χ0) is 17.3. The number of nitrogens with one attached hydrogen (secondary N) is 1. The average Bonchev–Trinajstić information content (AvgIpc) is 3.07. The highest BCUT2D eigenvalue weighted by molar-refractivity contribution is 7.13. The van der Waals surface area contributed by atoms with Crippen LogP contribution in [0.5, 0.6) is 0 Å². The van der Waals surface area contributed by atoms with Crippen LogP contribution in [0.15, 0.2) is 29.6 Å². The first-order valence-electron chi connectivity index (χ1n) is 8.08. The Labute approximate surface area is 151 Å². The van der Waals surface area contributed by atoms with Gasteiger partial charge in [-0.15, -0.1) is 11.3 Å². The molecule has 0 spiro atoms. The van der Waals surface area contributed by atoms with E-state index >= 15 is 0 Å². The van der Waals surface area contributed by atoms with Crippen LogP contribution in [0.1, 0.15) is 39.3 Å². The molecule has 0 radical (unpaired) electrons. The summed E-state index contributed by atoms with van der Waals surface area (Å²) in [6.07, 6.45) is 1.53. The number of anilines is 2. The van der Waals surface area contributed by atoms with Crippen molar-refractivity contribution in [1.29, 1.82) is 0 Å². The molecule has 0 amide bonds. The molecular formula is C18H21ClN2O2S. The normalized spacial score (nSPS) is 23.5. The van der Waals surface area contributed by atoms with Crippen molar-refractivity contribution in [3.8, 4) is 0 Å². The second-order valence-corrected chi connectivity index (χ2v) is 8.09. The molecule has 0 bridgehead atoms. The highest BCUT2D eigenvalue weighted by Crippen LogP contribution is 2.42. The first-order chi connectivity index (χ1) is 11.4. The molecule has 24 heavy (non-hydrogen) atoms. The molecule has 1 fully saturated rings. The van der Waals surface area contributed by atoms with Gasteiger partial charge in [-0.2, -0.15) is 0 Å². The highest BCUT2D eigenvalue weighted by Gasteiger charge is 2.46. The number of carbonyl (C=O) groups is 1. The van der Waals surface area contributed by atoms with Gasteiger partial charge in [-0.1, -0.05) is 37.6 Å². The quantitative estimate of drug-likeness (QED) is 0.725. The fraction of sp³-hybridized carbons (Fsp3) is 0.444. The smallest absolute Gasteiger partial charge is 0.310 e. The first-order valence-corrected chi connectivity index (χ1v) is 9.33. The lowest BCUT2D eigenvalue weighted by Crippen LogP contribution is -2.21. The van der Waals surface area contributed by atoms with Crippen LogP contribution in [0.4, 0.5) is 10.8 Å². The fourth-order valence-electron chi connectivity index (χ4n) is 3.06. The van der Waals surface area contributed by atoms with Crippen molar-refractivity contribution < 1.29 is 9.53 Å². The van der Waals surface area contributed by atoms with Crippen LogP contribution in [0.2, 0.25) is 5.02 Å². The topological polar surface area (TPSA) is 51.2 Å². The minimum Gasteiger partial charge on any atom is -0.453 e. The van der Waals surface area contributed by atoms with Crippen LogP contribution < -0.4 is 5.32 Å². The maximum atomic E-state index is 12.2. The molecule has 3 rings (SSSR count). The lowest BCUT2D eigenvalue weighted by molar-refractivity contribution is -0.150. The van der Waals surface area contributed by atoms with Gasteiger partial charge in [-0.25, -0.2) is 4.98 Å². The lowest BCUT2D eigenvalue weighted by Gasteiger charge is -2.20. The largest absolute Gasteiger partial charge is 0.453 e. The van der Waals surface area contributed by atoms with E-state index in [2.05, 4.69) is 24.1 Å². The van der Waals surface area contributed by atoms with Gasteiger partial charge in [0.15, 0.2) is 10.7 Å². The molecule has 1 N–H and O–H groups in total. The van der Waals surface area contributed by atoms with Crippen LogP contribution in [-0.2, 0) is 15.1 Å². The van der Waals surface area contributed by atoms with Crippen LogP contribution in [-0.4, -0.2) is 11.0 Å². The molecule has 1 aromatic heterocycles. The number of para-hydroxylation sites is 1. The summed E-state index contributed by atoms with van der Waals surface area (Å²) in [5.41, 5.74) is 0.959. The number of nitrogens with zero attached hydrogens (tertiary/aromatic N) is 1. The Morgan fingerprint density at radius 3 is 2.92 bits per heavy atom. The molecule has 2 heterocycles. The van der Waals surface area contributed by atoms with E-state index < -0.39 is 5.60 Å². The van der Waals surface area contributed by atoms with Crippen molar-refractivity contribution in [2.75, 3.05) is 5.32 Å². The number of benzene rings is 1. The summed E-state index contributed by atoms with van der Waals surface area (Å²) in [6, 6.07) is 7.53. The van der Waals surface area contributed by atoms with Gasteiger partial charge in [0.05, 0.1) is 22.3 Å². The Morgan fingerprint density at radius 1 is 1.46 bits per heavy atom. The molecule has 1 aliphatic rings. The first kappa shape index (κ1) is 17.2. The van der Waals surface area contributed by atoms with Crippen molar-refractivity contribution in [3.63, 3.8) is 0 Å². The molecule has 1 aromatic carbocycles. The molecule has 1 aliphatic heterocycles. The van der Waals surface area contributed by atoms with Crippen molar-refractivity contribution in [1.82, 2.24) is 4.98 Å². The number of hydrogen-bond donors (Lipinski definition) is 1. The van der Waals surface area contributed by atoms with Crippen molar-refractivity contribution in [3.05, 3.63) is 40.4 Å². The van der Waals surface area contributed by atoms with Gasteiger partial charge in [0.25, 0.3) is 0 Å². The highest BCUT2D eigenvalue weighted by atomic mass is 35.5. The van der Waals surface area contributed by atoms with Crippen LogP contribution in [0, 0.1) is 11.8 Å². The van der Waals surface area contributed by atoms with Crippen LogP contribution in [0.3, 0.4) is 0 Å². The zero-order valence-corrected chi connectivity index (χ0v) is 15.6. The Balaban J connectivity index is 1.76. The predicted octanol–water partition coefficient (Wildman–Crippen LogP) is 5.36. The minimum atomic E-state index is -0.645. The van der Waals surface area contributed by atoms with Gasteiger partial charge in [-0.3, -0.25) is 4.79 Å². The SMILES string of the molecule is CC(C)CC1CC(C)(c2csc(Nc3ccccc3Cl)n2)OC1=O. The predicted molar refractivity (Wildman–Crippen MR) is 97.9 cm³/mol. The van der Waals surface area contributed by atoms with Crippen molar-refractivity contribution >= 4 is 39.7 Å². The van der Waals surface area contributed by atoms with Crippen molar-refractivity contribution in [2.45, 2.75) is 39.2 Å². The lowest BCUT2D eigenvalue weighted by atomic mass is 9.88. The number of aromatic nitrogens is 1. The van der Waals surface area contributed by atoms with Crippen molar-refractivity contribution in [2.24, 2.45) is 11.8 Å². The number of hydrogen-bond acceptors (Lipinski definition) is 5. The number of esters is 1. The van der Waals surface area contributed by atoms with Gasteiger partial charge in [0, 0.05) is 11.8 Å². The molecule has 2 atom stereocenters. The number of carbonyl (C=O) groups excluding carboxylic acids is 1. The third-order valence-electron chi connectivity index (χ3n) is 4.21. The Hall–Kier alpha value is -1.59. The summed E-state index contributed by atoms with van der Waals surface area (Å²) in [4.78, 5) is 16.8. The molecule has 2 aromatic rings. The summed E-state index contributed by atoms with van der Waals surface area (Å²) in [7, 11) is 0. The minimum absolute atomic E-state index is 0.0447. The molecule has 0 saturated carbocycles. The second kappa shape index (κ2) is 6.73. The Bertz CT molecular complexity index is 746. The molecule has 128 valence electrons. The summed E-state index contributed by atoms with van der Waals surface area (Å²) in [5.74, 6) is 0.314. The van der Waals surface area contributed by atoms with Gasteiger partial charge in [0.1, 0.15) is 0 Å². The van der Waals surface area contributed by atoms with E-state index in [0.29, 0.717) is 17.4 Å². The maximum absolute atomic E-state index is 12.2. The molecular weight excluding hydrogens is 344 g/mol. The third-order valence-corrected chi connectivity index (χ3v) is 5.30. The zero-order valence-electron chi connectivity index (χ0n) is 14.0. The van der Waals surface area contributed by atoms with Gasteiger partial charge in [-0.05, 0) is 31.4 Å². The molecule has 6 heteroatoms. The number of cyclic esters (lactones) is 1. The monoisotopic (exact) mass is 364 g/mol. The van der Waals surface area contributed by atoms with E-state index in [-0.39, 0.29) is 11.9 Å². The van der Waals surface area contributed by atoms with E-state index in [1.165, 1.54) is 11.3 Å². The fourth-order valence-corrected chi connectivity index (χ4v) is 4.09. The Morgan fingerprint density at radius 2 is 2.21 bits per heavy atom. The Kier molecular flexibility index (Phi) is 4.83. The van der Waals surface area contributed by atoms with E-state index in [9.17, 15) is 4.79 Å². The molecule has 4 nitrogen and oxygen atoms in total. The van der Waals surface area contributed by atoms with E-state index in [1.54, 1.807) is 0 Å². The van der Waals surface area contributed by atoms with Gasteiger partial charge in [0.2, 0.25) is 0 Å². The van der Waals surface area contributed by atoms with E-state index in [0.717, 1.165) is 22.9 Å². The molecule has 2 unspecified atom stereocenters. The van der Waals surface area contributed by atoms with E-state index in [4.69, 9.17) is 16.3 Å². The average molecular weight is 365 g/mol. The number of rotatable bonds is 5. The number of halogens is 1. The summed E-state index contributed by atoms with van der Waals surface area (Å²) >= 11 is 7.65.